The molecule has 0 spiro atoms. The van der Waals surface area contributed by atoms with Gasteiger partial charge in [-0.2, -0.15) is 0 Å². The standard InChI is InChI=1S/C22H20N2O5/c1-27-17-8-3-6-15(12-17)23-21(26)22(19-10-5-11-29-19)14-20(25)24(22)16-7-4-9-18(13-16)28-2/h3-13H,14H2,1-2H3,(H,23,26). The van der Waals surface area contributed by atoms with E-state index in [0.717, 1.165) is 0 Å². The second kappa shape index (κ2) is 7.35. The maximum Gasteiger partial charge on any atom is 0.259 e. The van der Waals surface area contributed by atoms with Crippen LogP contribution >= 0.6 is 0 Å². The maximum atomic E-state index is 13.5. The quantitative estimate of drug-likeness (QED) is 0.649. The average molecular weight is 392 g/mol. The summed E-state index contributed by atoms with van der Waals surface area (Å²) in [7, 11) is 3.10. The van der Waals surface area contributed by atoms with E-state index in [1.54, 1.807) is 74.9 Å². The molecule has 1 saturated heterocycles. The minimum Gasteiger partial charge on any atom is -0.497 e. The first-order valence-corrected chi connectivity index (χ1v) is 9.05. The average Bonchev–Trinajstić information content (AvgIpc) is 3.26. The molecule has 3 aromatic rings. The zero-order valence-corrected chi connectivity index (χ0v) is 16.0. The highest BCUT2D eigenvalue weighted by Crippen LogP contribution is 2.46. The third kappa shape index (κ3) is 3.10. The van der Waals surface area contributed by atoms with Gasteiger partial charge in [0, 0.05) is 23.5 Å². The summed E-state index contributed by atoms with van der Waals surface area (Å²) in [5.41, 5.74) is -0.182. The number of benzene rings is 2. The summed E-state index contributed by atoms with van der Waals surface area (Å²) in [4.78, 5) is 27.6. The van der Waals surface area contributed by atoms with Gasteiger partial charge < -0.3 is 19.2 Å². The number of hydrogen-bond donors (Lipinski definition) is 1. The van der Waals surface area contributed by atoms with Gasteiger partial charge in [-0.25, -0.2) is 0 Å². The highest BCUT2D eigenvalue weighted by Gasteiger charge is 2.60. The molecule has 0 saturated carbocycles. The molecule has 29 heavy (non-hydrogen) atoms. The van der Waals surface area contributed by atoms with Crippen LogP contribution in [0.3, 0.4) is 0 Å². The summed E-state index contributed by atoms with van der Waals surface area (Å²) in [6.07, 6.45) is 1.48. The molecule has 0 radical (unpaired) electrons. The molecule has 1 aliphatic rings. The Hall–Kier alpha value is -3.74. The number of nitrogens with zero attached hydrogens (tertiary/aromatic N) is 1. The molecule has 2 amide bonds. The van der Waals surface area contributed by atoms with E-state index in [1.165, 1.54) is 11.2 Å². The first-order valence-electron chi connectivity index (χ1n) is 9.05. The number of rotatable bonds is 6. The van der Waals surface area contributed by atoms with Gasteiger partial charge in [0.15, 0.2) is 5.54 Å². The van der Waals surface area contributed by atoms with Crippen molar-refractivity contribution in [2.24, 2.45) is 0 Å². The molecule has 1 aromatic heterocycles. The molecular formula is C22H20N2O5. The van der Waals surface area contributed by atoms with Crippen molar-refractivity contribution in [1.29, 1.82) is 0 Å². The number of ether oxygens (including phenoxy) is 2. The van der Waals surface area contributed by atoms with Crippen LogP contribution in [0.4, 0.5) is 11.4 Å². The normalized spacial score (nSPS) is 18.1. The number of carbonyl (C=O) groups is 2. The van der Waals surface area contributed by atoms with Crippen LogP contribution in [0.5, 0.6) is 11.5 Å². The lowest BCUT2D eigenvalue weighted by Gasteiger charge is -2.48. The Balaban J connectivity index is 1.75. The van der Waals surface area contributed by atoms with Gasteiger partial charge in [0.05, 0.1) is 26.9 Å². The fourth-order valence-corrected chi connectivity index (χ4v) is 3.55. The smallest absolute Gasteiger partial charge is 0.259 e. The summed E-state index contributed by atoms with van der Waals surface area (Å²) in [5.74, 6) is 1.03. The number of carbonyl (C=O) groups excluding carboxylic acids is 2. The Kier molecular flexibility index (Phi) is 4.72. The van der Waals surface area contributed by atoms with Gasteiger partial charge >= 0.3 is 0 Å². The van der Waals surface area contributed by atoms with Crippen LogP contribution in [0.25, 0.3) is 0 Å². The fourth-order valence-electron chi connectivity index (χ4n) is 3.55. The number of furan rings is 1. The third-order valence-electron chi connectivity index (χ3n) is 4.98. The molecule has 1 aliphatic heterocycles. The molecule has 7 heteroatoms. The molecule has 0 aliphatic carbocycles. The topological polar surface area (TPSA) is 81.0 Å². The van der Waals surface area contributed by atoms with E-state index in [0.29, 0.717) is 28.6 Å². The number of β-lactam (4-membered cyclic amide) rings is 1. The van der Waals surface area contributed by atoms with Gasteiger partial charge in [-0.1, -0.05) is 12.1 Å². The minimum absolute atomic E-state index is 0.00642. The van der Waals surface area contributed by atoms with E-state index in [2.05, 4.69) is 5.32 Å². The van der Waals surface area contributed by atoms with E-state index in [4.69, 9.17) is 13.9 Å². The maximum absolute atomic E-state index is 13.5. The SMILES string of the molecule is COc1cccc(NC(=O)C2(c3ccco3)CC(=O)N2c2cccc(OC)c2)c1. The molecule has 0 bridgehead atoms. The first kappa shape index (κ1) is 18.6. The number of methoxy groups -OCH3 is 2. The number of amides is 2. The molecular weight excluding hydrogens is 372 g/mol. The highest BCUT2D eigenvalue weighted by atomic mass is 16.5. The lowest BCUT2D eigenvalue weighted by molar-refractivity contribution is -0.138. The van der Waals surface area contributed by atoms with Gasteiger partial charge in [0.25, 0.3) is 5.91 Å². The summed E-state index contributed by atoms with van der Waals surface area (Å²) in [5, 5.41) is 2.89. The van der Waals surface area contributed by atoms with Gasteiger partial charge in [-0.05, 0) is 36.4 Å². The number of hydrogen-bond acceptors (Lipinski definition) is 5. The van der Waals surface area contributed by atoms with Crippen molar-refractivity contribution in [1.82, 2.24) is 0 Å². The minimum atomic E-state index is -1.30. The van der Waals surface area contributed by atoms with Crippen LogP contribution < -0.4 is 19.7 Å². The van der Waals surface area contributed by atoms with E-state index in [9.17, 15) is 9.59 Å². The van der Waals surface area contributed by atoms with Crippen LogP contribution in [-0.4, -0.2) is 26.0 Å². The Labute approximate surface area is 167 Å². The van der Waals surface area contributed by atoms with Gasteiger partial charge in [0.1, 0.15) is 17.3 Å². The van der Waals surface area contributed by atoms with Crippen molar-refractivity contribution in [2.45, 2.75) is 12.0 Å². The van der Waals surface area contributed by atoms with Gasteiger partial charge in [-0.3, -0.25) is 14.5 Å². The molecule has 1 N–H and O–H groups in total. The second-order valence-corrected chi connectivity index (χ2v) is 6.63. The van der Waals surface area contributed by atoms with E-state index in [1.807, 2.05) is 0 Å². The zero-order chi connectivity index (χ0) is 20.4. The van der Waals surface area contributed by atoms with Crippen molar-refractivity contribution in [3.8, 4) is 11.5 Å². The molecule has 1 atom stereocenters. The Bertz CT molecular complexity index is 1050. The van der Waals surface area contributed by atoms with Crippen LogP contribution in [0.2, 0.25) is 0 Å². The molecule has 1 unspecified atom stereocenters. The highest BCUT2D eigenvalue weighted by molar-refractivity contribution is 6.16. The largest absolute Gasteiger partial charge is 0.497 e. The lowest BCUT2D eigenvalue weighted by Crippen LogP contribution is -2.67. The Morgan fingerprint density at radius 1 is 1.03 bits per heavy atom. The summed E-state index contributed by atoms with van der Waals surface area (Å²) in [6, 6.07) is 17.5. The molecule has 2 heterocycles. The van der Waals surface area contributed by atoms with E-state index >= 15 is 0 Å². The van der Waals surface area contributed by atoms with Crippen LogP contribution in [-0.2, 0) is 15.1 Å². The number of anilines is 2. The van der Waals surface area contributed by atoms with Gasteiger partial charge in [-0.15, -0.1) is 0 Å². The number of nitrogens with one attached hydrogen (secondary N) is 1. The first-order chi connectivity index (χ1) is 14.1. The van der Waals surface area contributed by atoms with Crippen molar-refractivity contribution in [2.75, 3.05) is 24.4 Å². The summed E-state index contributed by atoms with van der Waals surface area (Å²) in [6.45, 7) is 0. The van der Waals surface area contributed by atoms with Crippen molar-refractivity contribution >= 4 is 23.2 Å². The van der Waals surface area contributed by atoms with Crippen LogP contribution in [0, 0.1) is 0 Å². The second-order valence-electron chi connectivity index (χ2n) is 6.63. The zero-order valence-electron chi connectivity index (χ0n) is 16.0. The van der Waals surface area contributed by atoms with Crippen molar-refractivity contribution < 1.29 is 23.5 Å². The molecule has 7 nitrogen and oxygen atoms in total. The summed E-state index contributed by atoms with van der Waals surface area (Å²) < 4.78 is 16.1. The Morgan fingerprint density at radius 2 is 1.76 bits per heavy atom. The third-order valence-corrected chi connectivity index (χ3v) is 4.98. The Morgan fingerprint density at radius 3 is 2.41 bits per heavy atom. The molecule has 2 aromatic carbocycles. The molecule has 1 fully saturated rings. The van der Waals surface area contributed by atoms with Gasteiger partial charge in [0.2, 0.25) is 5.91 Å². The van der Waals surface area contributed by atoms with E-state index in [-0.39, 0.29) is 18.2 Å². The predicted molar refractivity (Wildman–Crippen MR) is 107 cm³/mol. The summed E-state index contributed by atoms with van der Waals surface area (Å²) >= 11 is 0. The molecule has 4 rings (SSSR count). The monoisotopic (exact) mass is 392 g/mol. The lowest BCUT2D eigenvalue weighted by atomic mass is 9.79. The van der Waals surface area contributed by atoms with Crippen LogP contribution in [0.1, 0.15) is 12.2 Å². The predicted octanol–water partition coefficient (Wildman–Crippen LogP) is 3.57. The van der Waals surface area contributed by atoms with Crippen molar-refractivity contribution in [3.05, 3.63) is 72.7 Å². The van der Waals surface area contributed by atoms with E-state index < -0.39 is 5.54 Å². The van der Waals surface area contributed by atoms with Crippen molar-refractivity contribution in [3.63, 3.8) is 0 Å². The molecule has 148 valence electrons. The fraction of sp³-hybridized carbons (Fsp3) is 0.182. The van der Waals surface area contributed by atoms with Crippen LogP contribution in [0.15, 0.2) is 71.3 Å².